The van der Waals surface area contributed by atoms with Gasteiger partial charge in [-0.2, -0.15) is 0 Å². The van der Waals surface area contributed by atoms with E-state index in [1.807, 2.05) is 32.0 Å². The van der Waals surface area contributed by atoms with Gasteiger partial charge in [-0.3, -0.25) is 9.59 Å². The molecule has 0 unspecified atom stereocenters. The van der Waals surface area contributed by atoms with Crippen molar-refractivity contribution in [3.05, 3.63) is 29.3 Å². The number of methoxy groups -OCH3 is 2. The summed E-state index contributed by atoms with van der Waals surface area (Å²) in [6, 6.07) is 5.72. The van der Waals surface area contributed by atoms with Gasteiger partial charge < -0.3 is 19.1 Å². The first-order chi connectivity index (χ1) is 11.0. The number of benzene rings is 1. The number of hydrogen-bond donors (Lipinski definition) is 0. The van der Waals surface area contributed by atoms with Gasteiger partial charge in [0.15, 0.2) is 6.61 Å². The lowest BCUT2D eigenvalue weighted by Gasteiger charge is -2.22. The Morgan fingerprint density at radius 1 is 1.13 bits per heavy atom. The zero-order valence-corrected chi connectivity index (χ0v) is 14.3. The van der Waals surface area contributed by atoms with Crippen LogP contribution in [0.15, 0.2) is 18.2 Å². The van der Waals surface area contributed by atoms with E-state index >= 15 is 0 Å². The molecule has 0 fully saturated rings. The average Bonchev–Trinajstić information content (AvgIpc) is 2.55. The lowest BCUT2D eigenvalue weighted by atomic mass is 10.1. The van der Waals surface area contributed by atoms with Crippen LogP contribution in [-0.2, 0) is 19.1 Å². The van der Waals surface area contributed by atoms with Gasteiger partial charge in [-0.25, -0.2) is 0 Å². The maximum Gasteiger partial charge on any atom is 0.307 e. The molecule has 0 saturated heterocycles. The van der Waals surface area contributed by atoms with Crippen molar-refractivity contribution in [2.75, 3.05) is 40.5 Å². The third-order valence-electron chi connectivity index (χ3n) is 3.64. The molecule has 0 spiro atoms. The molecule has 0 bridgehead atoms. The van der Waals surface area contributed by atoms with Crippen LogP contribution in [0.25, 0.3) is 0 Å². The van der Waals surface area contributed by atoms with Crippen LogP contribution < -0.4 is 4.74 Å². The second-order valence-electron chi connectivity index (χ2n) is 5.19. The van der Waals surface area contributed by atoms with Crippen LogP contribution in [0, 0.1) is 13.8 Å². The normalized spacial score (nSPS) is 10.3. The van der Waals surface area contributed by atoms with Crippen LogP contribution in [0.5, 0.6) is 5.75 Å². The Kier molecular flexibility index (Phi) is 8.11. The number of rotatable bonds is 9. The average molecular weight is 323 g/mol. The molecule has 0 aromatic heterocycles. The standard InChI is InChI=1S/C17H25NO5/c1-13-6-5-7-15(14(13)2)23-12-16(19)18(10-11-21-3)9-8-17(20)22-4/h5-7H,8-12H2,1-4H3. The maximum absolute atomic E-state index is 12.3. The van der Waals surface area contributed by atoms with Crippen LogP contribution in [0.4, 0.5) is 0 Å². The van der Waals surface area contributed by atoms with E-state index in [-0.39, 0.29) is 31.4 Å². The summed E-state index contributed by atoms with van der Waals surface area (Å²) in [5.41, 5.74) is 2.12. The van der Waals surface area contributed by atoms with Crippen LogP contribution in [0.2, 0.25) is 0 Å². The van der Waals surface area contributed by atoms with E-state index in [2.05, 4.69) is 4.74 Å². The largest absolute Gasteiger partial charge is 0.483 e. The summed E-state index contributed by atoms with van der Waals surface area (Å²) in [5.74, 6) is 0.153. The first kappa shape index (κ1) is 19.0. The SMILES string of the molecule is COCCN(CCC(=O)OC)C(=O)COc1cccc(C)c1C. The fourth-order valence-corrected chi connectivity index (χ4v) is 2.00. The van der Waals surface area contributed by atoms with Gasteiger partial charge in [-0.05, 0) is 31.0 Å². The fourth-order valence-electron chi connectivity index (χ4n) is 2.00. The van der Waals surface area contributed by atoms with Crippen molar-refractivity contribution >= 4 is 11.9 Å². The van der Waals surface area contributed by atoms with Crippen molar-refractivity contribution in [2.24, 2.45) is 0 Å². The molecule has 0 N–H and O–H groups in total. The van der Waals surface area contributed by atoms with Gasteiger partial charge in [-0.15, -0.1) is 0 Å². The Hall–Kier alpha value is -2.08. The van der Waals surface area contributed by atoms with Gasteiger partial charge in [0.05, 0.1) is 20.1 Å². The van der Waals surface area contributed by atoms with E-state index in [4.69, 9.17) is 9.47 Å². The molecular formula is C17H25NO5. The van der Waals surface area contributed by atoms with Gasteiger partial charge in [0.2, 0.25) is 0 Å². The molecule has 1 amide bonds. The highest BCUT2D eigenvalue weighted by molar-refractivity contribution is 5.78. The summed E-state index contributed by atoms with van der Waals surface area (Å²) in [4.78, 5) is 25.1. The van der Waals surface area contributed by atoms with Crippen molar-refractivity contribution in [3.8, 4) is 5.75 Å². The highest BCUT2D eigenvalue weighted by Gasteiger charge is 2.16. The van der Waals surface area contributed by atoms with Crippen molar-refractivity contribution in [1.82, 2.24) is 4.90 Å². The molecule has 1 aromatic rings. The summed E-state index contributed by atoms with van der Waals surface area (Å²) < 4.78 is 15.2. The van der Waals surface area contributed by atoms with Gasteiger partial charge in [0, 0.05) is 20.2 Å². The summed E-state index contributed by atoms with van der Waals surface area (Å²) in [6.07, 6.45) is 0.148. The number of amides is 1. The minimum absolute atomic E-state index is 0.0742. The second kappa shape index (κ2) is 9.84. The summed E-state index contributed by atoms with van der Waals surface area (Å²) in [7, 11) is 2.89. The predicted octanol–water partition coefficient (Wildman–Crippen LogP) is 1.72. The summed E-state index contributed by atoms with van der Waals surface area (Å²) in [6.45, 7) is 4.96. The molecule has 0 aliphatic heterocycles. The smallest absolute Gasteiger partial charge is 0.307 e. The maximum atomic E-state index is 12.3. The molecule has 0 aliphatic rings. The van der Waals surface area contributed by atoms with E-state index in [9.17, 15) is 9.59 Å². The third kappa shape index (κ3) is 6.28. The van der Waals surface area contributed by atoms with Gasteiger partial charge in [0.25, 0.3) is 5.91 Å². The third-order valence-corrected chi connectivity index (χ3v) is 3.64. The van der Waals surface area contributed by atoms with Crippen molar-refractivity contribution in [2.45, 2.75) is 20.3 Å². The highest BCUT2D eigenvalue weighted by atomic mass is 16.5. The van der Waals surface area contributed by atoms with E-state index < -0.39 is 0 Å². The van der Waals surface area contributed by atoms with Gasteiger partial charge >= 0.3 is 5.97 Å². The molecule has 1 aromatic carbocycles. The van der Waals surface area contributed by atoms with Crippen molar-refractivity contribution in [3.63, 3.8) is 0 Å². The molecule has 23 heavy (non-hydrogen) atoms. The highest BCUT2D eigenvalue weighted by Crippen LogP contribution is 2.20. The number of nitrogens with zero attached hydrogens (tertiary/aromatic N) is 1. The zero-order chi connectivity index (χ0) is 17.2. The molecule has 128 valence electrons. The monoisotopic (exact) mass is 323 g/mol. The van der Waals surface area contributed by atoms with Gasteiger partial charge in [-0.1, -0.05) is 12.1 Å². The summed E-state index contributed by atoms with van der Waals surface area (Å²) >= 11 is 0. The molecule has 0 saturated carbocycles. The Balaban J connectivity index is 2.61. The van der Waals surface area contributed by atoms with E-state index in [1.54, 1.807) is 12.0 Å². The lowest BCUT2D eigenvalue weighted by Crippen LogP contribution is -2.38. The van der Waals surface area contributed by atoms with Gasteiger partial charge in [0.1, 0.15) is 5.75 Å². The Labute approximate surface area is 137 Å². The number of ether oxygens (including phenoxy) is 3. The van der Waals surface area contributed by atoms with Crippen LogP contribution in [-0.4, -0.2) is 57.3 Å². The predicted molar refractivity (Wildman–Crippen MR) is 86.5 cm³/mol. The fraction of sp³-hybridized carbons (Fsp3) is 0.529. The Bertz CT molecular complexity index is 530. The second-order valence-corrected chi connectivity index (χ2v) is 5.19. The van der Waals surface area contributed by atoms with Crippen molar-refractivity contribution in [1.29, 1.82) is 0 Å². The Morgan fingerprint density at radius 3 is 2.52 bits per heavy atom. The van der Waals surface area contributed by atoms with Crippen molar-refractivity contribution < 1.29 is 23.8 Å². The minimum atomic E-state index is -0.351. The molecule has 6 heteroatoms. The number of carbonyl (C=O) groups is 2. The van der Waals surface area contributed by atoms with E-state index in [0.29, 0.717) is 18.9 Å². The molecule has 0 radical (unpaired) electrons. The quantitative estimate of drug-likeness (QED) is 0.648. The zero-order valence-electron chi connectivity index (χ0n) is 14.3. The molecule has 0 aliphatic carbocycles. The molecule has 0 atom stereocenters. The summed E-state index contributed by atoms with van der Waals surface area (Å²) in [5, 5.41) is 0. The number of carbonyl (C=O) groups excluding carboxylic acids is 2. The number of aryl methyl sites for hydroxylation is 1. The van der Waals surface area contributed by atoms with E-state index in [0.717, 1.165) is 11.1 Å². The van der Waals surface area contributed by atoms with Crippen LogP contribution >= 0.6 is 0 Å². The lowest BCUT2D eigenvalue weighted by molar-refractivity contribution is -0.142. The Morgan fingerprint density at radius 2 is 1.87 bits per heavy atom. The molecule has 1 rings (SSSR count). The first-order valence-corrected chi connectivity index (χ1v) is 7.52. The van der Waals surface area contributed by atoms with Crippen LogP contribution in [0.1, 0.15) is 17.5 Å². The molecule has 0 heterocycles. The first-order valence-electron chi connectivity index (χ1n) is 7.52. The molecule has 6 nitrogen and oxygen atoms in total. The number of hydrogen-bond acceptors (Lipinski definition) is 5. The minimum Gasteiger partial charge on any atom is -0.483 e. The van der Waals surface area contributed by atoms with Crippen LogP contribution in [0.3, 0.4) is 0 Å². The topological polar surface area (TPSA) is 65.1 Å². The molecular weight excluding hydrogens is 298 g/mol. The van der Waals surface area contributed by atoms with E-state index in [1.165, 1.54) is 7.11 Å². The number of esters is 1.